The van der Waals surface area contributed by atoms with E-state index in [0.29, 0.717) is 6.04 Å². The van der Waals surface area contributed by atoms with Crippen LogP contribution in [0, 0.1) is 0 Å². The van der Waals surface area contributed by atoms with Gasteiger partial charge in [-0.1, -0.05) is 19.3 Å². The molecule has 2 unspecified atom stereocenters. The lowest BCUT2D eigenvalue weighted by Crippen LogP contribution is -2.45. The van der Waals surface area contributed by atoms with Crippen molar-refractivity contribution in [3.63, 3.8) is 0 Å². The van der Waals surface area contributed by atoms with Gasteiger partial charge in [-0.05, 0) is 32.7 Å². The van der Waals surface area contributed by atoms with Gasteiger partial charge in [0.05, 0.1) is 6.61 Å². The molecule has 0 spiro atoms. The zero-order valence-corrected chi connectivity index (χ0v) is 10.5. The Bertz CT molecular complexity index is 204. The van der Waals surface area contributed by atoms with Crippen LogP contribution in [0.4, 0.5) is 0 Å². The Hall–Kier alpha value is -0.120. The van der Waals surface area contributed by atoms with Crippen molar-refractivity contribution in [2.45, 2.75) is 63.6 Å². The van der Waals surface area contributed by atoms with Crippen LogP contribution in [0.3, 0.4) is 0 Å². The Morgan fingerprint density at radius 3 is 2.62 bits per heavy atom. The van der Waals surface area contributed by atoms with E-state index in [-0.39, 0.29) is 12.6 Å². The highest BCUT2D eigenvalue weighted by Crippen LogP contribution is 2.24. The first-order valence-electron chi connectivity index (χ1n) is 6.90. The van der Waals surface area contributed by atoms with E-state index < -0.39 is 0 Å². The molecular formula is C13H26N2O. The van der Waals surface area contributed by atoms with Crippen LogP contribution < -0.4 is 5.32 Å². The molecule has 0 bridgehead atoms. The van der Waals surface area contributed by atoms with Crippen LogP contribution in [0.5, 0.6) is 0 Å². The van der Waals surface area contributed by atoms with Gasteiger partial charge in [0, 0.05) is 24.7 Å². The third kappa shape index (κ3) is 3.19. The molecule has 0 aromatic rings. The molecule has 0 amide bonds. The normalized spacial score (nSPS) is 34.9. The van der Waals surface area contributed by atoms with Gasteiger partial charge in [-0.25, -0.2) is 0 Å². The largest absolute Gasteiger partial charge is 0.395 e. The van der Waals surface area contributed by atoms with Crippen LogP contribution in [-0.2, 0) is 0 Å². The molecule has 1 aliphatic carbocycles. The van der Waals surface area contributed by atoms with Crippen LogP contribution in [0.1, 0.15) is 45.4 Å². The molecule has 1 heterocycles. The van der Waals surface area contributed by atoms with Gasteiger partial charge >= 0.3 is 0 Å². The van der Waals surface area contributed by atoms with Gasteiger partial charge in [0.15, 0.2) is 0 Å². The molecule has 0 aromatic heterocycles. The van der Waals surface area contributed by atoms with Crippen molar-refractivity contribution in [2.75, 3.05) is 19.7 Å². The second kappa shape index (κ2) is 5.99. The highest BCUT2D eigenvalue weighted by atomic mass is 16.3. The smallest absolute Gasteiger partial charge is 0.0597 e. The third-order valence-electron chi connectivity index (χ3n) is 4.14. The maximum Gasteiger partial charge on any atom is 0.0597 e. The summed E-state index contributed by atoms with van der Waals surface area (Å²) in [7, 11) is 0. The number of nitrogens with zero attached hydrogens (tertiary/aromatic N) is 1. The van der Waals surface area contributed by atoms with E-state index in [4.69, 9.17) is 0 Å². The minimum atomic E-state index is 0.271. The fraction of sp³-hybridized carbons (Fsp3) is 1.00. The van der Waals surface area contributed by atoms with Crippen molar-refractivity contribution in [1.82, 2.24) is 10.2 Å². The van der Waals surface area contributed by atoms with Gasteiger partial charge in [0.2, 0.25) is 0 Å². The molecule has 2 fully saturated rings. The molecule has 3 nitrogen and oxygen atoms in total. The quantitative estimate of drug-likeness (QED) is 0.746. The molecule has 1 saturated heterocycles. The number of aliphatic hydroxyl groups excluding tert-OH is 1. The molecule has 1 saturated carbocycles. The highest BCUT2D eigenvalue weighted by molar-refractivity contribution is 4.85. The summed E-state index contributed by atoms with van der Waals surface area (Å²) < 4.78 is 0. The van der Waals surface area contributed by atoms with E-state index in [9.17, 15) is 5.11 Å². The van der Waals surface area contributed by atoms with Crippen LogP contribution in [0.15, 0.2) is 0 Å². The van der Waals surface area contributed by atoms with Gasteiger partial charge in [0.1, 0.15) is 0 Å². The van der Waals surface area contributed by atoms with Gasteiger partial charge < -0.3 is 10.4 Å². The van der Waals surface area contributed by atoms with E-state index in [1.807, 2.05) is 0 Å². The van der Waals surface area contributed by atoms with Crippen molar-refractivity contribution >= 4 is 0 Å². The topological polar surface area (TPSA) is 35.5 Å². The molecule has 94 valence electrons. The minimum Gasteiger partial charge on any atom is -0.395 e. The maximum atomic E-state index is 9.36. The number of hydrogen-bond acceptors (Lipinski definition) is 3. The van der Waals surface area contributed by atoms with Crippen molar-refractivity contribution in [3.05, 3.63) is 0 Å². The van der Waals surface area contributed by atoms with Gasteiger partial charge in [-0.15, -0.1) is 0 Å². The molecule has 2 aliphatic rings. The zero-order chi connectivity index (χ0) is 11.4. The predicted molar refractivity (Wildman–Crippen MR) is 66.5 cm³/mol. The summed E-state index contributed by atoms with van der Waals surface area (Å²) in [5.74, 6) is 0. The summed E-state index contributed by atoms with van der Waals surface area (Å²) in [5, 5.41) is 12.9. The van der Waals surface area contributed by atoms with E-state index in [1.165, 1.54) is 45.1 Å². The average Bonchev–Trinajstić information content (AvgIpc) is 2.52. The minimum absolute atomic E-state index is 0.271. The van der Waals surface area contributed by atoms with Crippen molar-refractivity contribution < 1.29 is 5.11 Å². The van der Waals surface area contributed by atoms with Crippen LogP contribution in [-0.4, -0.2) is 47.8 Å². The Balaban J connectivity index is 1.91. The standard InChI is InChI=1S/C13H26N2O/c1-11-7-8-15(9-12(10-16)14-11)13-5-3-2-4-6-13/h11-14,16H,2-10H2,1H3. The van der Waals surface area contributed by atoms with E-state index in [2.05, 4.69) is 17.1 Å². The second-order valence-electron chi connectivity index (χ2n) is 5.52. The summed E-state index contributed by atoms with van der Waals surface area (Å²) in [4.78, 5) is 2.62. The lowest BCUT2D eigenvalue weighted by atomic mass is 9.94. The predicted octanol–water partition coefficient (Wildman–Crippen LogP) is 1.36. The average molecular weight is 226 g/mol. The molecule has 2 N–H and O–H groups in total. The fourth-order valence-corrected chi connectivity index (χ4v) is 3.16. The molecule has 16 heavy (non-hydrogen) atoms. The van der Waals surface area contributed by atoms with E-state index in [0.717, 1.165) is 12.6 Å². The van der Waals surface area contributed by atoms with Gasteiger partial charge in [0.25, 0.3) is 0 Å². The number of aliphatic hydroxyl groups is 1. The summed E-state index contributed by atoms with van der Waals surface area (Å²) in [5.41, 5.74) is 0. The molecule has 0 radical (unpaired) electrons. The molecule has 1 aliphatic heterocycles. The van der Waals surface area contributed by atoms with Crippen molar-refractivity contribution in [3.8, 4) is 0 Å². The number of rotatable bonds is 2. The van der Waals surface area contributed by atoms with Gasteiger partial charge in [-0.2, -0.15) is 0 Å². The van der Waals surface area contributed by atoms with Crippen LogP contribution in [0.2, 0.25) is 0 Å². The van der Waals surface area contributed by atoms with E-state index in [1.54, 1.807) is 0 Å². The maximum absolute atomic E-state index is 9.36. The highest BCUT2D eigenvalue weighted by Gasteiger charge is 2.26. The van der Waals surface area contributed by atoms with E-state index >= 15 is 0 Å². The molecule has 0 aromatic carbocycles. The third-order valence-corrected chi connectivity index (χ3v) is 4.14. The second-order valence-corrected chi connectivity index (χ2v) is 5.52. The summed E-state index contributed by atoms with van der Waals surface area (Å²) in [6.07, 6.45) is 8.16. The van der Waals surface area contributed by atoms with Gasteiger partial charge in [-0.3, -0.25) is 4.90 Å². The van der Waals surface area contributed by atoms with Crippen LogP contribution >= 0.6 is 0 Å². The van der Waals surface area contributed by atoms with Crippen LogP contribution in [0.25, 0.3) is 0 Å². The summed E-state index contributed by atoms with van der Waals surface area (Å²) >= 11 is 0. The van der Waals surface area contributed by atoms with Crippen molar-refractivity contribution in [2.24, 2.45) is 0 Å². The first-order valence-corrected chi connectivity index (χ1v) is 6.90. The zero-order valence-electron chi connectivity index (χ0n) is 10.5. The van der Waals surface area contributed by atoms with Crippen molar-refractivity contribution in [1.29, 1.82) is 0 Å². The number of nitrogens with one attached hydrogen (secondary N) is 1. The Kier molecular flexibility index (Phi) is 4.62. The Morgan fingerprint density at radius 1 is 1.19 bits per heavy atom. The summed E-state index contributed by atoms with van der Waals surface area (Å²) in [6.45, 7) is 4.74. The molecule has 2 atom stereocenters. The SMILES string of the molecule is CC1CCN(C2CCCCC2)CC(CO)N1. The fourth-order valence-electron chi connectivity index (χ4n) is 3.16. The number of hydrogen-bond donors (Lipinski definition) is 2. The first-order chi connectivity index (χ1) is 7.79. The molecule has 2 rings (SSSR count). The summed E-state index contributed by atoms with van der Waals surface area (Å²) in [6, 6.07) is 1.61. The molecule has 3 heteroatoms. The molecular weight excluding hydrogens is 200 g/mol. The lowest BCUT2D eigenvalue weighted by Gasteiger charge is -2.34. The Labute approximate surface area is 99.2 Å². The first kappa shape index (κ1) is 12.3. The Morgan fingerprint density at radius 2 is 1.94 bits per heavy atom. The lowest BCUT2D eigenvalue weighted by molar-refractivity contribution is 0.135. The monoisotopic (exact) mass is 226 g/mol.